The Hall–Kier alpha value is -4.89. The maximum atomic E-state index is 14.0. The molecule has 4 heterocycles. The Morgan fingerprint density at radius 2 is 1.92 bits per heavy atom. The van der Waals surface area contributed by atoms with Crippen molar-refractivity contribution in [1.29, 1.82) is 0 Å². The fraction of sp³-hybridized carbons (Fsp3) is 0.379. The second-order valence-corrected chi connectivity index (χ2v) is 15.2. The number of H-pyrrole nitrogens is 1. The van der Waals surface area contributed by atoms with Gasteiger partial charge in [-0.3, -0.25) is 34.0 Å². The molecule has 0 saturated carbocycles. The predicted molar refractivity (Wildman–Crippen MR) is 189 cm³/mol. The molecule has 1 aromatic carbocycles. The third kappa shape index (κ3) is 7.94. The molecule has 8 N–H and O–H groups in total. The Kier molecular flexibility index (Phi) is 11.2. The summed E-state index contributed by atoms with van der Waals surface area (Å²) in [5.74, 6) is -2.44. The number of hydrogen-bond donors (Lipinski definition) is 7. The quantitative estimate of drug-likeness (QED) is 0.111. The lowest BCUT2D eigenvalue weighted by Gasteiger charge is -2.49. The van der Waals surface area contributed by atoms with Gasteiger partial charge in [-0.1, -0.05) is 26.0 Å². The first-order valence-corrected chi connectivity index (χ1v) is 18.0. The molecule has 0 aliphatic carbocycles. The molecule has 5 rings (SSSR count). The number of amides is 5. The fourth-order valence-corrected chi connectivity index (χ4v) is 8.66. The minimum absolute atomic E-state index is 0.132. The summed E-state index contributed by atoms with van der Waals surface area (Å²) < 4.78 is 1.09. The van der Waals surface area contributed by atoms with Crippen molar-refractivity contribution in [2.75, 3.05) is 28.3 Å². The molecule has 3 aliphatic heterocycles. The molecular weight excluding hydrogens is 713 g/mol. The van der Waals surface area contributed by atoms with Crippen LogP contribution in [0.15, 0.2) is 51.6 Å². The highest BCUT2D eigenvalue weighted by atomic mass is 32.2. The maximum Gasteiger partial charge on any atom is 0.352 e. The number of carbonyl (C=O) groups is 5. The SMILES string of the molecule is CC(=O)NN1N=CC(SCC2=C(C(=O)O)N3C(=O)C(NC(=O)C(c4ccc(O)cc4)N(C(N)=O)c4cnc(NCC(C)C)[nH]c4=O)[C@@H]3SC2)S1. The van der Waals surface area contributed by atoms with Gasteiger partial charge in [0.05, 0.1) is 12.4 Å². The fourth-order valence-electron chi connectivity index (χ4n) is 5.15. The topological polar surface area (TPSA) is 256 Å². The number of nitrogens with one attached hydrogen (secondary N) is 4. The number of primary amides is 1. The largest absolute Gasteiger partial charge is 0.508 e. The number of aromatic hydroxyl groups is 1. The number of aromatic amines is 1. The molecule has 5 amide bonds. The van der Waals surface area contributed by atoms with Gasteiger partial charge in [0.25, 0.3) is 11.5 Å². The third-order valence-corrected chi connectivity index (χ3v) is 11.1. The number of nitrogens with two attached hydrogens (primary N) is 1. The molecule has 266 valence electrons. The molecule has 3 unspecified atom stereocenters. The number of urea groups is 1. The average Bonchev–Trinajstić information content (AvgIpc) is 3.50. The van der Waals surface area contributed by atoms with Crippen molar-refractivity contribution in [2.24, 2.45) is 16.8 Å². The van der Waals surface area contributed by atoms with Crippen molar-refractivity contribution in [1.82, 2.24) is 30.1 Å². The summed E-state index contributed by atoms with van der Waals surface area (Å²) in [5.41, 5.74) is 7.60. The highest BCUT2D eigenvalue weighted by molar-refractivity contribution is 8.17. The second kappa shape index (κ2) is 15.3. The van der Waals surface area contributed by atoms with Crippen LogP contribution in [-0.2, 0) is 19.2 Å². The van der Waals surface area contributed by atoms with E-state index in [1.807, 2.05) is 13.8 Å². The number of carboxylic acids is 1. The van der Waals surface area contributed by atoms with Crippen molar-refractivity contribution in [3.8, 4) is 5.75 Å². The number of β-lactam (4-membered cyclic amide) rings is 1. The number of hydrogen-bond acceptors (Lipinski definition) is 14. The number of hydrazone groups is 1. The number of fused-ring (bicyclic) bond motifs is 1. The van der Waals surface area contributed by atoms with Crippen LogP contribution in [0.2, 0.25) is 0 Å². The van der Waals surface area contributed by atoms with Crippen LogP contribution in [0.3, 0.4) is 0 Å². The van der Waals surface area contributed by atoms with E-state index in [1.54, 1.807) is 6.21 Å². The minimum atomic E-state index is -1.59. The summed E-state index contributed by atoms with van der Waals surface area (Å²) in [7, 11) is 0. The molecule has 0 spiro atoms. The number of aliphatic carboxylic acids is 1. The number of carboxylic acid groups (broad SMARTS) is 1. The van der Waals surface area contributed by atoms with Gasteiger partial charge in [0.15, 0.2) is 0 Å². The summed E-state index contributed by atoms with van der Waals surface area (Å²) in [6.45, 7) is 5.76. The van der Waals surface area contributed by atoms with Crippen LogP contribution in [0, 0.1) is 5.92 Å². The lowest BCUT2D eigenvalue weighted by molar-refractivity contribution is -0.150. The highest BCUT2D eigenvalue weighted by Crippen LogP contribution is 2.42. The summed E-state index contributed by atoms with van der Waals surface area (Å²) in [5, 5.41) is 28.9. The minimum Gasteiger partial charge on any atom is -0.508 e. The van der Waals surface area contributed by atoms with Gasteiger partial charge in [-0.2, -0.15) is 5.10 Å². The van der Waals surface area contributed by atoms with Crippen molar-refractivity contribution in [2.45, 2.75) is 42.8 Å². The molecule has 2 aromatic rings. The van der Waals surface area contributed by atoms with Gasteiger partial charge >= 0.3 is 12.0 Å². The van der Waals surface area contributed by atoms with Crippen molar-refractivity contribution < 1.29 is 34.2 Å². The number of phenolic OH excluding ortho intramolecular Hbond substituents is 1. The maximum absolute atomic E-state index is 14.0. The van der Waals surface area contributed by atoms with Crippen LogP contribution < -0.4 is 32.3 Å². The molecule has 0 radical (unpaired) electrons. The molecule has 1 aromatic heterocycles. The molecule has 21 heteroatoms. The Balaban J connectivity index is 1.36. The molecule has 50 heavy (non-hydrogen) atoms. The molecule has 0 bridgehead atoms. The summed E-state index contributed by atoms with van der Waals surface area (Å²) in [6.07, 6.45) is 2.70. The normalized spacial score (nSPS) is 20.2. The molecule has 3 aliphatic rings. The molecule has 1 saturated heterocycles. The Morgan fingerprint density at radius 3 is 2.54 bits per heavy atom. The third-order valence-electron chi connectivity index (χ3n) is 7.39. The number of benzene rings is 1. The first-order chi connectivity index (χ1) is 23.7. The summed E-state index contributed by atoms with van der Waals surface area (Å²) in [4.78, 5) is 85.9. The molecule has 1 fully saturated rings. The number of thioether (sulfide) groups is 2. The number of hydrazine groups is 1. The van der Waals surface area contributed by atoms with Gasteiger partial charge in [0.2, 0.25) is 17.8 Å². The second-order valence-electron chi connectivity index (χ2n) is 11.6. The van der Waals surface area contributed by atoms with Crippen LogP contribution in [-0.4, -0.2) is 99.6 Å². The number of anilines is 2. The molecule has 4 atom stereocenters. The van der Waals surface area contributed by atoms with Crippen LogP contribution in [0.25, 0.3) is 0 Å². The Labute approximate surface area is 297 Å². The predicted octanol–water partition coefficient (Wildman–Crippen LogP) is 0.968. The number of phenols is 1. The Bertz CT molecular complexity index is 1800. The van der Waals surface area contributed by atoms with Crippen LogP contribution in [0.4, 0.5) is 16.4 Å². The van der Waals surface area contributed by atoms with E-state index in [-0.39, 0.29) is 56.6 Å². The van der Waals surface area contributed by atoms with E-state index in [0.717, 1.165) is 16.0 Å². The van der Waals surface area contributed by atoms with Gasteiger partial charge in [0.1, 0.15) is 39.2 Å². The van der Waals surface area contributed by atoms with Gasteiger partial charge in [-0.15, -0.1) is 28.0 Å². The number of nitrogens with zero attached hydrogens (tertiary/aromatic N) is 5. The van der Waals surface area contributed by atoms with E-state index >= 15 is 0 Å². The zero-order valence-electron chi connectivity index (χ0n) is 26.9. The highest BCUT2D eigenvalue weighted by Gasteiger charge is 2.55. The first-order valence-electron chi connectivity index (χ1n) is 15.1. The van der Waals surface area contributed by atoms with Crippen LogP contribution >= 0.6 is 35.5 Å². The van der Waals surface area contributed by atoms with E-state index in [2.05, 4.69) is 31.1 Å². The first kappa shape index (κ1) is 36.4. The molecular formula is C29H34N10O8S3. The van der Waals surface area contributed by atoms with Crippen LogP contribution in [0.1, 0.15) is 32.4 Å². The van der Waals surface area contributed by atoms with Gasteiger partial charge in [-0.05, 0) is 29.2 Å². The van der Waals surface area contributed by atoms with Gasteiger partial charge in [0, 0.05) is 36.9 Å². The zero-order chi connectivity index (χ0) is 36.3. The van der Waals surface area contributed by atoms with Crippen molar-refractivity contribution in [3.05, 3.63) is 57.6 Å². The summed E-state index contributed by atoms with van der Waals surface area (Å²) >= 11 is 3.85. The van der Waals surface area contributed by atoms with Gasteiger partial charge in [-0.25, -0.2) is 20.0 Å². The lowest BCUT2D eigenvalue weighted by Crippen LogP contribution is -2.71. The standard InChI is InChI=1S/C29H34N10O8S3/c1-13(2)8-31-29-32-9-18(23(42)35-29)37(28(30)47)21(15-4-6-17(41)7-5-15)24(43)34-20-25(44)38-22(27(45)46)16(12-49-26(20)38)11-48-19-10-33-39(50-19)36-14(3)40/h4-7,9-10,13,19-21,26,41H,8,11-12H2,1-3H3,(H2,30,47)(H,34,43)(H,36,40)(H,45,46)(H2,31,32,35,42)/t19?,20?,21?,26-/m0/s1. The number of aromatic nitrogens is 2. The van der Waals surface area contributed by atoms with E-state index < -0.39 is 46.8 Å². The molecule has 18 nitrogen and oxygen atoms in total. The van der Waals surface area contributed by atoms with Crippen LogP contribution in [0.5, 0.6) is 5.75 Å². The van der Waals surface area contributed by atoms with E-state index in [4.69, 9.17) is 5.73 Å². The lowest BCUT2D eigenvalue weighted by atomic mass is 10.00. The van der Waals surface area contributed by atoms with E-state index in [9.17, 15) is 39.0 Å². The monoisotopic (exact) mass is 746 g/mol. The average molecular weight is 747 g/mol. The van der Waals surface area contributed by atoms with Gasteiger partial charge < -0.3 is 26.6 Å². The smallest absolute Gasteiger partial charge is 0.352 e. The number of carbonyl (C=O) groups excluding carboxylic acids is 4. The summed E-state index contributed by atoms with van der Waals surface area (Å²) in [6, 6.07) is 1.33. The number of rotatable bonds is 13. The zero-order valence-corrected chi connectivity index (χ0v) is 29.3. The Morgan fingerprint density at radius 1 is 1.20 bits per heavy atom. The van der Waals surface area contributed by atoms with Crippen molar-refractivity contribution >= 4 is 83.0 Å². The van der Waals surface area contributed by atoms with Crippen molar-refractivity contribution in [3.63, 3.8) is 0 Å². The van der Waals surface area contributed by atoms with E-state index in [1.165, 1.54) is 71.2 Å². The van der Waals surface area contributed by atoms with E-state index in [0.29, 0.717) is 12.1 Å².